The maximum absolute atomic E-state index is 14.8. The summed E-state index contributed by atoms with van der Waals surface area (Å²) in [5, 5.41) is 16.4. The molecule has 3 amide bonds. The zero-order valence-corrected chi connectivity index (χ0v) is 16.0. The number of imide groups is 1. The van der Waals surface area contributed by atoms with Gasteiger partial charge in [-0.1, -0.05) is 6.07 Å². The molecule has 0 saturated carbocycles. The van der Waals surface area contributed by atoms with Crippen LogP contribution in [0.1, 0.15) is 24.3 Å². The first-order valence-electron chi connectivity index (χ1n) is 9.49. The van der Waals surface area contributed by atoms with E-state index in [-0.39, 0.29) is 37.9 Å². The second-order valence-corrected chi connectivity index (χ2v) is 7.52. The molecule has 0 spiro atoms. The number of carbonyl (C=O) groups excluding carboxylic acids is 2. The Morgan fingerprint density at radius 3 is 2.83 bits per heavy atom. The van der Waals surface area contributed by atoms with Crippen molar-refractivity contribution in [2.45, 2.75) is 24.9 Å². The fraction of sp³-hybridized carbons (Fsp3) is 0.474. The summed E-state index contributed by atoms with van der Waals surface area (Å²) in [5.41, 5.74) is 1.59. The van der Waals surface area contributed by atoms with Crippen LogP contribution in [0.2, 0.25) is 0 Å². The maximum Gasteiger partial charge on any atom is 0.329 e. The van der Waals surface area contributed by atoms with E-state index in [9.17, 15) is 18.8 Å². The van der Waals surface area contributed by atoms with Crippen molar-refractivity contribution in [3.05, 3.63) is 23.8 Å². The van der Waals surface area contributed by atoms with Crippen molar-refractivity contribution in [1.82, 2.24) is 20.0 Å². The number of hydrogen-bond donors (Lipinski definition) is 2. The van der Waals surface area contributed by atoms with Gasteiger partial charge < -0.3 is 5.11 Å². The van der Waals surface area contributed by atoms with Gasteiger partial charge in [0, 0.05) is 37.9 Å². The molecule has 2 unspecified atom stereocenters. The Hall–Kier alpha value is -3.01. The van der Waals surface area contributed by atoms with Crippen LogP contribution in [-0.4, -0.2) is 70.0 Å². The zero-order valence-electron chi connectivity index (χ0n) is 16.0. The predicted octanol–water partition coefficient (Wildman–Crippen LogP) is 1.23. The smallest absolute Gasteiger partial charge is 0.329 e. The molecule has 2 atom stereocenters. The molecule has 4 rings (SSSR count). The summed E-state index contributed by atoms with van der Waals surface area (Å²) < 4.78 is 16.4. The molecule has 9 nitrogen and oxygen atoms in total. The molecule has 0 bridgehead atoms. The molecule has 1 aromatic carbocycles. The third-order valence-electron chi connectivity index (χ3n) is 5.58. The Labute approximate surface area is 166 Å². The predicted molar refractivity (Wildman–Crippen MR) is 103 cm³/mol. The first-order valence-corrected chi connectivity index (χ1v) is 9.49. The molecule has 2 N–H and O–H groups in total. The maximum atomic E-state index is 14.8. The number of benzene rings is 1. The lowest BCUT2D eigenvalue weighted by Gasteiger charge is -2.34. The highest BCUT2D eigenvalue weighted by Gasteiger charge is 2.32. The SMILES string of the molecule is Cn1nc(N2CCC(=O)NC2=O)c2ccc(C3CCN(CC(=O)O)CC3F)cc21. The Balaban J connectivity index is 1.59. The van der Waals surface area contributed by atoms with E-state index in [2.05, 4.69) is 10.4 Å². The highest BCUT2D eigenvalue weighted by Crippen LogP contribution is 2.34. The fourth-order valence-corrected chi connectivity index (χ4v) is 4.13. The lowest BCUT2D eigenvalue weighted by molar-refractivity contribution is -0.138. The second kappa shape index (κ2) is 7.43. The van der Waals surface area contributed by atoms with Gasteiger partial charge in [-0.05, 0) is 30.7 Å². The van der Waals surface area contributed by atoms with Crippen LogP contribution in [0.5, 0.6) is 0 Å². The van der Waals surface area contributed by atoms with Crippen molar-refractivity contribution >= 4 is 34.6 Å². The van der Waals surface area contributed by atoms with Gasteiger partial charge in [-0.2, -0.15) is 5.10 Å². The minimum atomic E-state index is -1.16. The van der Waals surface area contributed by atoms with Crippen LogP contribution in [0.25, 0.3) is 10.9 Å². The zero-order chi connectivity index (χ0) is 20.7. The monoisotopic (exact) mass is 403 g/mol. The first-order chi connectivity index (χ1) is 13.8. The molecular weight excluding hydrogens is 381 g/mol. The number of urea groups is 1. The van der Waals surface area contributed by atoms with E-state index in [1.54, 1.807) is 16.6 Å². The van der Waals surface area contributed by atoms with Gasteiger partial charge >= 0.3 is 12.0 Å². The number of alkyl halides is 1. The number of carboxylic acids is 1. The van der Waals surface area contributed by atoms with Crippen LogP contribution < -0.4 is 10.2 Å². The normalized spacial score (nSPS) is 23.4. The van der Waals surface area contributed by atoms with E-state index < -0.39 is 18.2 Å². The van der Waals surface area contributed by atoms with Crippen molar-refractivity contribution < 1.29 is 23.9 Å². The summed E-state index contributed by atoms with van der Waals surface area (Å²) in [5.74, 6) is -1.12. The molecule has 3 heterocycles. The molecule has 0 radical (unpaired) electrons. The Morgan fingerprint density at radius 2 is 2.14 bits per heavy atom. The van der Waals surface area contributed by atoms with Crippen LogP contribution in [0.15, 0.2) is 18.2 Å². The highest BCUT2D eigenvalue weighted by molar-refractivity contribution is 6.08. The van der Waals surface area contributed by atoms with Gasteiger partial charge in [-0.15, -0.1) is 0 Å². The standard InChI is InChI=1S/C19H22FN5O4/c1-23-15-8-11(12-4-6-24(9-14(12)20)10-17(27)28)2-3-13(15)18(22-23)25-7-5-16(26)21-19(25)29/h2-3,8,12,14H,4-7,9-10H2,1H3,(H,27,28)(H,21,26,29). The summed E-state index contributed by atoms with van der Waals surface area (Å²) in [6.45, 7) is 0.715. The minimum Gasteiger partial charge on any atom is -0.480 e. The number of aryl methyl sites for hydroxylation is 1. The number of rotatable bonds is 4. The van der Waals surface area contributed by atoms with Crippen LogP contribution in [0.4, 0.5) is 15.0 Å². The van der Waals surface area contributed by atoms with E-state index >= 15 is 0 Å². The average molecular weight is 403 g/mol. The Bertz CT molecular complexity index is 990. The van der Waals surface area contributed by atoms with Gasteiger partial charge in [0.2, 0.25) is 5.91 Å². The van der Waals surface area contributed by atoms with Crippen LogP contribution in [-0.2, 0) is 16.6 Å². The highest BCUT2D eigenvalue weighted by atomic mass is 19.1. The van der Waals surface area contributed by atoms with Crippen molar-refractivity contribution in [2.24, 2.45) is 7.05 Å². The molecule has 10 heteroatoms. The van der Waals surface area contributed by atoms with Gasteiger partial charge in [-0.25, -0.2) is 9.18 Å². The molecule has 2 aromatic rings. The Morgan fingerprint density at radius 1 is 1.34 bits per heavy atom. The van der Waals surface area contributed by atoms with E-state index in [4.69, 9.17) is 5.11 Å². The van der Waals surface area contributed by atoms with E-state index in [1.807, 2.05) is 18.2 Å². The topological polar surface area (TPSA) is 108 Å². The quantitative estimate of drug-likeness (QED) is 0.795. The number of fused-ring (bicyclic) bond motifs is 1. The number of halogens is 1. The Kier molecular flexibility index (Phi) is 4.95. The number of nitrogens with one attached hydrogen (secondary N) is 1. The summed E-state index contributed by atoms with van der Waals surface area (Å²) in [6.07, 6.45) is -0.422. The summed E-state index contributed by atoms with van der Waals surface area (Å²) in [4.78, 5) is 37.5. The van der Waals surface area contributed by atoms with Crippen molar-refractivity contribution in [2.75, 3.05) is 31.1 Å². The number of aliphatic carboxylic acids is 1. The van der Waals surface area contributed by atoms with Gasteiger partial charge in [0.15, 0.2) is 5.82 Å². The van der Waals surface area contributed by atoms with Crippen molar-refractivity contribution in [1.29, 1.82) is 0 Å². The largest absolute Gasteiger partial charge is 0.480 e. The van der Waals surface area contributed by atoms with Gasteiger partial charge in [0.25, 0.3) is 0 Å². The van der Waals surface area contributed by atoms with Gasteiger partial charge in [0.05, 0.1) is 12.1 Å². The lowest BCUT2D eigenvalue weighted by atomic mass is 9.87. The molecule has 0 aliphatic carbocycles. The number of piperidine rings is 1. The number of carbonyl (C=O) groups is 3. The molecule has 2 aliphatic heterocycles. The lowest BCUT2D eigenvalue weighted by Crippen LogP contribution is -2.49. The first kappa shape index (κ1) is 19.3. The number of anilines is 1. The number of hydrogen-bond acceptors (Lipinski definition) is 5. The molecule has 29 heavy (non-hydrogen) atoms. The number of carboxylic acid groups (broad SMARTS) is 1. The van der Waals surface area contributed by atoms with E-state index in [0.29, 0.717) is 18.8 Å². The summed E-state index contributed by atoms with van der Waals surface area (Å²) in [7, 11) is 1.75. The number of amides is 3. The molecule has 2 fully saturated rings. The fourth-order valence-electron chi connectivity index (χ4n) is 4.13. The average Bonchev–Trinajstić information content (AvgIpc) is 2.97. The minimum absolute atomic E-state index is 0.0909. The second-order valence-electron chi connectivity index (χ2n) is 7.52. The van der Waals surface area contributed by atoms with Crippen LogP contribution >= 0.6 is 0 Å². The van der Waals surface area contributed by atoms with Crippen molar-refractivity contribution in [3.63, 3.8) is 0 Å². The van der Waals surface area contributed by atoms with Crippen LogP contribution in [0.3, 0.4) is 0 Å². The molecule has 2 aliphatic rings. The third kappa shape index (κ3) is 3.67. The van der Waals surface area contributed by atoms with E-state index in [1.165, 1.54) is 4.90 Å². The number of nitrogens with zero attached hydrogens (tertiary/aromatic N) is 4. The summed E-state index contributed by atoms with van der Waals surface area (Å²) >= 11 is 0. The number of aromatic nitrogens is 2. The number of likely N-dealkylation sites (tertiary alicyclic amines) is 1. The van der Waals surface area contributed by atoms with Crippen LogP contribution in [0, 0.1) is 0 Å². The van der Waals surface area contributed by atoms with Gasteiger partial charge in [-0.3, -0.25) is 29.4 Å². The molecule has 2 saturated heterocycles. The summed E-state index contributed by atoms with van der Waals surface area (Å²) in [6, 6.07) is 5.04. The van der Waals surface area contributed by atoms with Crippen molar-refractivity contribution in [3.8, 4) is 0 Å². The molecular formula is C19H22FN5O4. The van der Waals surface area contributed by atoms with E-state index in [0.717, 1.165) is 16.5 Å². The van der Waals surface area contributed by atoms with Gasteiger partial charge in [0.1, 0.15) is 6.17 Å². The third-order valence-corrected chi connectivity index (χ3v) is 5.58. The molecule has 154 valence electrons. The molecule has 1 aromatic heterocycles.